The summed E-state index contributed by atoms with van der Waals surface area (Å²) in [6, 6.07) is 0. The predicted octanol–water partition coefficient (Wildman–Crippen LogP) is 4.84. The highest BCUT2D eigenvalue weighted by atomic mass is 16.1. The smallest absolute Gasteiger partial charge is 0.220 e. The number of aryl methyl sites for hydroxylation is 1. The van der Waals surface area contributed by atoms with Crippen LogP contribution < -0.4 is 5.32 Å². The molecule has 1 heterocycles. The highest BCUT2D eigenvalue weighted by Gasteiger charge is 2.20. The Labute approximate surface area is 152 Å². The Morgan fingerprint density at radius 2 is 2.12 bits per heavy atom. The number of H-pyrrole nitrogens is 1. The van der Waals surface area contributed by atoms with Crippen LogP contribution in [0.2, 0.25) is 0 Å². The summed E-state index contributed by atoms with van der Waals surface area (Å²) in [4.78, 5) is 19.6. The second-order valence-electron chi connectivity index (χ2n) is 7.44. The summed E-state index contributed by atoms with van der Waals surface area (Å²) >= 11 is 0. The van der Waals surface area contributed by atoms with E-state index in [1.807, 2.05) is 6.20 Å². The average molecular weight is 344 g/mol. The van der Waals surface area contributed by atoms with Gasteiger partial charge in [0, 0.05) is 18.3 Å². The van der Waals surface area contributed by atoms with Gasteiger partial charge in [-0.3, -0.25) is 4.79 Å². The van der Waals surface area contributed by atoms with Crippen molar-refractivity contribution in [2.45, 2.75) is 78.2 Å². The molecule has 0 saturated heterocycles. The number of hydrogen-bond donors (Lipinski definition) is 2. The zero-order valence-electron chi connectivity index (χ0n) is 15.8. The Bertz CT molecular complexity index is 588. The number of aromatic nitrogens is 2. The van der Waals surface area contributed by atoms with Crippen LogP contribution >= 0.6 is 0 Å². The van der Waals surface area contributed by atoms with E-state index in [1.165, 1.54) is 19.3 Å². The van der Waals surface area contributed by atoms with E-state index < -0.39 is 0 Å². The van der Waals surface area contributed by atoms with E-state index >= 15 is 0 Å². The van der Waals surface area contributed by atoms with Gasteiger partial charge in [0.25, 0.3) is 0 Å². The largest absolute Gasteiger partial charge is 0.349 e. The first kappa shape index (κ1) is 19.5. The Morgan fingerprint density at radius 3 is 2.88 bits per heavy atom. The molecule has 0 spiro atoms. The van der Waals surface area contributed by atoms with Gasteiger partial charge < -0.3 is 10.3 Å². The van der Waals surface area contributed by atoms with Crippen molar-refractivity contribution >= 4 is 5.91 Å². The highest BCUT2D eigenvalue weighted by molar-refractivity contribution is 5.75. The van der Waals surface area contributed by atoms with Crippen molar-refractivity contribution in [3.63, 3.8) is 0 Å². The maximum atomic E-state index is 11.9. The quantitative estimate of drug-likeness (QED) is 0.565. The third-order valence-corrected chi connectivity index (χ3v) is 4.94. The molecule has 0 aromatic carbocycles. The first-order chi connectivity index (χ1) is 12.1. The summed E-state index contributed by atoms with van der Waals surface area (Å²) in [6.45, 7) is 4.99. The van der Waals surface area contributed by atoms with E-state index in [1.54, 1.807) is 0 Å². The van der Waals surface area contributed by atoms with Crippen LogP contribution in [0.4, 0.5) is 0 Å². The van der Waals surface area contributed by atoms with Gasteiger partial charge in [0.2, 0.25) is 5.91 Å². The molecule has 1 unspecified atom stereocenters. The molecule has 1 amide bonds. The molecule has 1 aromatic rings. The fourth-order valence-corrected chi connectivity index (χ4v) is 3.16. The van der Waals surface area contributed by atoms with Crippen LogP contribution in [0.15, 0.2) is 30.5 Å². The van der Waals surface area contributed by atoms with E-state index in [0.29, 0.717) is 13.0 Å². The molecular formula is C21H33N3O. The number of unbranched alkanes of at least 4 members (excludes halogenated alkanes) is 4. The first-order valence-electron chi connectivity index (χ1n) is 9.75. The summed E-state index contributed by atoms with van der Waals surface area (Å²) in [6.07, 6.45) is 20.3. The molecule has 0 bridgehead atoms. The molecular weight excluding hydrogens is 310 g/mol. The predicted molar refractivity (Wildman–Crippen MR) is 103 cm³/mol. The van der Waals surface area contributed by atoms with Crippen LogP contribution in [0.5, 0.6) is 0 Å². The third-order valence-electron chi connectivity index (χ3n) is 4.94. The van der Waals surface area contributed by atoms with Gasteiger partial charge in [-0.15, -0.1) is 0 Å². The maximum absolute atomic E-state index is 11.9. The minimum absolute atomic E-state index is 0.126. The van der Waals surface area contributed by atoms with Gasteiger partial charge in [-0.2, -0.15) is 0 Å². The fourth-order valence-electron chi connectivity index (χ4n) is 3.16. The molecule has 1 aromatic heterocycles. The third kappa shape index (κ3) is 7.29. The lowest BCUT2D eigenvalue weighted by Gasteiger charge is -2.26. The van der Waals surface area contributed by atoms with Crippen molar-refractivity contribution in [3.05, 3.63) is 42.0 Å². The van der Waals surface area contributed by atoms with Crippen molar-refractivity contribution in [2.24, 2.45) is 5.41 Å². The minimum atomic E-state index is 0.126. The number of nitrogens with zero attached hydrogens (tertiary/aromatic N) is 1. The molecule has 1 atom stereocenters. The molecule has 4 heteroatoms. The number of hydrogen-bond acceptors (Lipinski definition) is 2. The molecule has 0 saturated carbocycles. The zero-order chi connectivity index (χ0) is 18.0. The molecule has 138 valence electrons. The van der Waals surface area contributed by atoms with E-state index in [2.05, 4.69) is 53.4 Å². The molecule has 0 fully saturated rings. The Balaban J connectivity index is 1.64. The van der Waals surface area contributed by atoms with Crippen molar-refractivity contribution in [3.8, 4) is 0 Å². The monoisotopic (exact) mass is 343 g/mol. The molecule has 2 N–H and O–H groups in total. The van der Waals surface area contributed by atoms with Crippen LogP contribution in [0.3, 0.4) is 0 Å². The van der Waals surface area contributed by atoms with Gasteiger partial charge in [-0.1, -0.05) is 63.8 Å². The number of nitrogens with one attached hydrogen (secondary N) is 2. The topological polar surface area (TPSA) is 57.8 Å². The summed E-state index contributed by atoms with van der Waals surface area (Å²) in [7, 11) is 0. The van der Waals surface area contributed by atoms with Crippen LogP contribution in [0.25, 0.3) is 0 Å². The molecule has 2 rings (SSSR count). The Kier molecular flexibility index (Phi) is 7.96. The van der Waals surface area contributed by atoms with Crippen LogP contribution in [-0.4, -0.2) is 15.9 Å². The normalized spacial score (nSPS) is 19.3. The number of rotatable bonds is 11. The molecule has 0 aliphatic heterocycles. The molecule has 0 radical (unpaired) electrons. The van der Waals surface area contributed by atoms with Crippen molar-refractivity contribution in [2.75, 3.05) is 0 Å². The van der Waals surface area contributed by atoms with E-state index in [4.69, 9.17) is 0 Å². The van der Waals surface area contributed by atoms with Crippen LogP contribution in [-0.2, 0) is 17.8 Å². The van der Waals surface area contributed by atoms with E-state index in [-0.39, 0.29) is 11.3 Å². The summed E-state index contributed by atoms with van der Waals surface area (Å²) in [5, 5.41) is 2.96. The molecule has 4 nitrogen and oxygen atoms in total. The van der Waals surface area contributed by atoms with Crippen LogP contribution in [0.1, 0.15) is 76.7 Å². The van der Waals surface area contributed by atoms with Gasteiger partial charge in [0.1, 0.15) is 5.82 Å². The number of allylic oxidation sites excluding steroid dienone is 4. The number of amides is 1. The Morgan fingerprint density at radius 1 is 1.28 bits per heavy atom. The number of imidazole rings is 1. The summed E-state index contributed by atoms with van der Waals surface area (Å²) in [5.41, 5.74) is 1.39. The van der Waals surface area contributed by atoms with Crippen LogP contribution in [0, 0.1) is 5.41 Å². The second-order valence-corrected chi connectivity index (χ2v) is 7.44. The highest BCUT2D eigenvalue weighted by Crippen LogP contribution is 2.32. The van der Waals surface area contributed by atoms with Gasteiger partial charge in [-0.05, 0) is 31.1 Å². The van der Waals surface area contributed by atoms with Gasteiger partial charge >= 0.3 is 0 Å². The lowest BCUT2D eigenvalue weighted by Crippen LogP contribution is -2.23. The van der Waals surface area contributed by atoms with Crippen molar-refractivity contribution in [1.82, 2.24) is 15.3 Å². The lowest BCUT2D eigenvalue weighted by atomic mass is 9.79. The van der Waals surface area contributed by atoms with Gasteiger partial charge in [-0.25, -0.2) is 4.98 Å². The summed E-state index contributed by atoms with van der Waals surface area (Å²) in [5.74, 6) is 0.972. The number of aromatic amines is 1. The van der Waals surface area contributed by atoms with E-state index in [0.717, 1.165) is 43.6 Å². The van der Waals surface area contributed by atoms with E-state index in [9.17, 15) is 4.79 Å². The van der Waals surface area contributed by atoms with Crippen molar-refractivity contribution in [1.29, 1.82) is 0 Å². The zero-order valence-corrected chi connectivity index (χ0v) is 15.8. The molecule has 1 aliphatic rings. The number of carbonyl (C=O) groups excluding carboxylic acids is 1. The first-order valence-corrected chi connectivity index (χ1v) is 9.75. The Hall–Kier alpha value is -1.84. The fraction of sp³-hybridized carbons (Fsp3) is 0.619. The standard InChI is InChI=1S/C21H33N3O/c1-3-4-5-6-8-11-20(25)23-17-19-22-16-18(24-19)12-15-21(2)13-9-7-10-14-21/h7,9-10,13,16H,3-6,8,11-12,14-15,17H2,1-2H3,(H,22,24)(H,23,25). The minimum Gasteiger partial charge on any atom is -0.349 e. The number of carbonyl (C=O) groups is 1. The maximum Gasteiger partial charge on any atom is 0.220 e. The van der Waals surface area contributed by atoms with Crippen molar-refractivity contribution < 1.29 is 4.79 Å². The molecule has 1 aliphatic carbocycles. The second kappa shape index (κ2) is 10.2. The molecule has 25 heavy (non-hydrogen) atoms. The summed E-state index contributed by atoms with van der Waals surface area (Å²) < 4.78 is 0. The van der Waals surface area contributed by atoms with Gasteiger partial charge in [0.15, 0.2) is 0 Å². The average Bonchev–Trinajstić information content (AvgIpc) is 3.07. The lowest BCUT2D eigenvalue weighted by molar-refractivity contribution is -0.121. The SMILES string of the molecule is CCCCCCCC(=O)NCc1ncc(CCC2(C)C=CC=CC2)[nH]1. The van der Waals surface area contributed by atoms with Gasteiger partial charge in [0.05, 0.1) is 6.54 Å².